The van der Waals surface area contributed by atoms with Crippen molar-refractivity contribution in [3.8, 4) is 11.5 Å². The molecule has 3 nitrogen and oxygen atoms in total. The Morgan fingerprint density at radius 1 is 1.15 bits per heavy atom. The van der Waals surface area contributed by atoms with Crippen LogP contribution in [0.3, 0.4) is 0 Å². The summed E-state index contributed by atoms with van der Waals surface area (Å²) in [5.74, 6) is 1.60. The van der Waals surface area contributed by atoms with Gasteiger partial charge < -0.3 is 15.4 Å². The molecule has 1 unspecified atom stereocenters. The van der Waals surface area contributed by atoms with Crippen LogP contribution in [0.5, 0.6) is 11.5 Å². The summed E-state index contributed by atoms with van der Waals surface area (Å²) in [6, 6.07) is 13.8. The molecule has 0 spiro atoms. The molecule has 0 fully saturated rings. The number of hydrogen-bond donors (Lipinski definition) is 1. The van der Waals surface area contributed by atoms with Crippen LogP contribution in [0.25, 0.3) is 0 Å². The van der Waals surface area contributed by atoms with Gasteiger partial charge in [0.2, 0.25) is 0 Å². The summed E-state index contributed by atoms with van der Waals surface area (Å²) in [5, 5.41) is 0. The second-order valence-electron chi connectivity index (χ2n) is 4.96. The summed E-state index contributed by atoms with van der Waals surface area (Å²) < 4.78 is 6.99. The van der Waals surface area contributed by atoms with E-state index in [1.807, 2.05) is 68.4 Å². The van der Waals surface area contributed by atoms with E-state index < -0.39 is 0 Å². The van der Waals surface area contributed by atoms with Crippen molar-refractivity contribution in [2.45, 2.75) is 13.0 Å². The van der Waals surface area contributed by atoms with Crippen molar-refractivity contribution in [2.75, 3.05) is 19.0 Å². The molecule has 0 saturated carbocycles. The minimum absolute atomic E-state index is 0.0838. The van der Waals surface area contributed by atoms with Crippen LogP contribution in [-0.4, -0.2) is 14.1 Å². The highest BCUT2D eigenvalue weighted by atomic mass is 79.9. The van der Waals surface area contributed by atoms with Gasteiger partial charge in [-0.2, -0.15) is 0 Å². The second-order valence-corrected chi connectivity index (χ2v) is 5.88. The molecule has 0 aliphatic rings. The number of hydrogen-bond acceptors (Lipinski definition) is 3. The maximum absolute atomic E-state index is 6.01. The summed E-state index contributed by atoms with van der Waals surface area (Å²) in [6.07, 6.45) is 0. The van der Waals surface area contributed by atoms with E-state index >= 15 is 0 Å². The highest BCUT2D eigenvalue weighted by Crippen LogP contribution is 2.32. The van der Waals surface area contributed by atoms with E-state index in [1.165, 1.54) is 0 Å². The number of anilines is 1. The Kier molecular flexibility index (Phi) is 4.68. The minimum atomic E-state index is -0.0838. The number of ether oxygens (including phenoxy) is 1. The topological polar surface area (TPSA) is 38.5 Å². The molecule has 0 heterocycles. The quantitative estimate of drug-likeness (QED) is 0.904. The van der Waals surface area contributed by atoms with Crippen molar-refractivity contribution in [3.05, 3.63) is 52.5 Å². The van der Waals surface area contributed by atoms with E-state index in [0.29, 0.717) is 0 Å². The predicted molar refractivity (Wildman–Crippen MR) is 87.6 cm³/mol. The molecule has 2 rings (SSSR count). The van der Waals surface area contributed by atoms with Crippen LogP contribution in [0, 0.1) is 0 Å². The fraction of sp³-hybridized carbons (Fsp3) is 0.250. The zero-order valence-electron chi connectivity index (χ0n) is 11.9. The smallest absolute Gasteiger partial charge is 0.132 e. The minimum Gasteiger partial charge on any atom is -0.457 e. The molecule has 20 heavy (non-hydrogen) atoms. The Labute approximate surface area is 128 Å². The molecule has 4 heteroatoms. The van der Waals surface area contributed by atoms with Crippen molar-refractivity contribution in [3.63, 3.8) is 0 Å². The molecular formula is C16H19BrN2O. The summed E-state index contributed by atoms with van der Waals surface area (Å²) in [5.41, 5.74) is 8.09. The number of halogens is 1. The molecule has 0 aliphatic carbocycles. The molecule has 2 aromatic carbocycles. The highest BCUT2D eigenvalue weighted by Gasteiger charge is 2.10. The number of benzene rings is 2. The monoisotopic (exact) mass is 334 g/mol. The first-order valence-corrected chi connectivity index (χ1v) is 7.27. The van der Waals surface area contributed by atoms with Crippen LogP contribution >= 0.6 is 15.9 Å². The van der Waals surface area contributed by atoms with Crippen molar-refractivity contribution < 1.29 is 4.74 Å². The average Bonchev–Trinajstić information content (AvgIpc) is 2.41. The van der Waals surface area contributed by atoms with Crippen LogP contribution in [0.2, 0.25) is 0 Å². The van der Waals surface area contributed by atoms with E-state index in [9.17, 15) is 0 Å². The molecule has 2 aromatic rings. The van der Waals surface area contributed by atoms with Gasteiger partial charge in [0, 0.05) is 41.9 Å². The number of nitrogens with zero attached hydrogens (tertiary/aromatic N) is 1. The molecule has 0 aromatic heterocycles. The zero-order valence-corrected chi connectivity index (χ0v) is 13.5. The van der Waals surface area contributed by atoms with E-state index in [1.54, 1.807) is 0 Å². The lowest BCUT2D eigenvalue weighted by atomic mass is 10.1. The Hall–Kier alpha value is -1.52. The van der Waals surface area contributed by atoms with Gasteiger partial charge in [0.1, 0.15) is 11.5 Å². The highest BCUT2D eigenvalue weighted by molar-refractivity contribution is 9.10. The normalized spacial score (nSPS) is 12.1. The Bertz CT molecular complexity index is 597. The van der Waals surface area contributed by atoms with Gasteiger partial charge in [0.25, 0.3) is 0 Å². The average molecular weight is 335 g/mol. The SMILES string of the molecule is CC(N)c1cc(Br)ccc1Oc1cccc(N(C)C)c1. The molecule has 0 saturated heterocycles. The maximum Gasteiger partial charge on any atom is 0.132 e. The van der Waals surface area contributed by atoms with Gasteiger partial charge in [0.05, 0.1) is 0 Å². The zero-order chi connectivity index (χ0) is 14.7. The molecule has 1 atom stereocenters. The van der Waals surface area contributed by atoms with E-state index in [4.69, 9.17) is 10.5 Å². The van der Waals surface area contributed by atoms with Gasteiger partial charge in [-0.25, -0.2) is 0 Å². The van der Waals surface area contributed by atoms with Gasteiger partial charge in [-0.05, 0) is 37.3 Å². The Balaban J connectivity index is 2.32. The van der Waals surface area contributed by atoms with Crippen LogP contribution in [-0.2, 0) is 0 Å². The van der Waals surface area contributed by atoms with Crippen molar-refractivity contribution in [1.29, 1.82) is 0 Å². The summed E-state index contributed by atoms with van der Waals surface area (Å²) in [6.45, 7) is 1.95. The van der Waals surface area contributed by atoms with Crippen LogP contribution in [0.4, 0.5) is 5.69 Å². The third kappa shape index (κ3) is 3.52. The number of nitrogens with two attached hydrogens (primary N) is 1. The summed E-state index contributed by atoms with van der Waals surface area (Å²) >= 11 is 3.46. The molecule has 0 bridgehead atoms. The first-order valence-electron chi connectivity index (χ1n) is 6.47. The lowest BCUT2D eigenvalue weighted by Crippen LogP contribution is -2.08. The summed E-state index contributed by atoms with van der Waals surface area (Å²) in [4.78, 5) is 2.04. The molecule has 0 aliphatic heterocycles. The first-order chi connectivity index (χ1) is 9.47. The van der Waals surface area contributed by atoms with Gasteiger partial charge in [0.15, 0.2) is 0 Å². The van der Waals surface area contributed by atoms with E-state index in [0.717, 1.165) is 27.2 Å². The van der Waals surface area contributed by atoms with Crippen molar-refractivity contribution in [1.82, 2.24) is 0 Å². The molecule has 0 amide bonds. The van der Waals surface area contributed by atoms with Crippen LogP contribution in [0.15, 0.2) is 46.9 Å². The van der Waals surface area contributed by atoms with Crippen molar-refractivity contribution in [2.24, 2.45) is 5.73 Å². The van der Waals surface area contributed by atoms with Gasteiger partial charge >= 0.3 is 0 Å². The second kappa shape index (κ2) is 6.29. The van der Waals surface area contributed by atoms with Gasteiger partial charge in [-0.15, -0.1) is 0 Å². The first kappa shape index (κ1) is 14.9. The Morgan fingerprint density at radius 2 is 1.90 bits per heavy atom. The lowest BCUT2D eigenvalue weighted by Gasteiger charge is -2.16. The van der Waals surface area contributed by atoms with E-state index in [2.05, 4.69) is 15.9 Å². The summed E-state index contributed by atoms with van der Waals surface area (Å²) in [7, 11) is 4.01. The Morgan fingerprint density at radius 3 is 2.55 bits per heavy atom. The van der Waals surface area contributed by atoms with E-state index in [-0.39, 0.29) is 6.04 Å². The molecule has 106 valence electrons. The molecule has 2 N–H and O–H groups in total. The molecular weight excluding hydrogens is 316 g/mol. The van der Waals surface area contributed by atoms with Crippen LogP contribution < -0.4 is 15.4 Å². The lowest BCUT2D eigenvalue weighted by molar-refractivity contribution is 0.472. The fourth-order valence-electron chi connectivity index (χ4n) is 1.92. The van der Waals surface area contributed by atoms with Gasteiger partial charge in [-0.1, -0.05) is 22.0 Å². The largest absolute Gasteiger partial charge is 0.457 e. The fourth-order valence-corrected chi connectivity index (χ4v) is 2.30. The standard InChI is InChI=1S/C16H19BrN2O/c1-11(18)15-9-12(17)7-8-16(15)20-14-6-4-5-13(10-14)19(2)3/h4-11H,18H2,1-3H3. The number of rotatable bonds is 4. The maximum atomic E-state index is 6.01. The van der Waals surface area contributed by atoms with Crippen molar-refractivity contribution >= 4 is 21.6 Å². The van der Waals surface area contributed by atoms with Crippen LogP contribution in [0.1, 0.15) is 18.5 Å². The predicted octanol–water partition coefficient (Wildman–Crippen LogP) is 4.33. The third-order valence-corrected chi connectivity index (χ3v) is 3.52. The molecule has 0 radical (unpaired) electrons. The van der Waals surface area contributed by atoms with Gasteiger partial charge in [-0.3, -0.25) is 0 Å². The third-order valence-electron chi connectivity index (χ3n) is 3.02.